The Morgan fingerprint density at radius 1 is 0.882 bits per heavy atom. The van der Waals surface area contributed by atoms with Crippen LogP contribution in [0.3, 0.4) is 0 Å². The van der Waals surface area contributed by atoms with Gasteiger partial charge in [0.1, 0.15) is 11.5 Å². The number of para-hydroxylation sites is 1. The summed E-state index contributed by atoms with van der Waals surface area (Å²) in [4.78, 5) is 0. The fourth-order valence-electron chi connectivity index (χ4n) is 1.37. The molecule has 0 aliphatic rings. The maximum Gasteiger partial charge on any atom is 0.127 e. The minimum absolute atomic E-state index is 0.690. The molecule has 0 spiro atoms. The molecule has 0 aromatic heterocycles. The van der Waals surface area contributed by atoms with E-state index in [9.17, 15) is 0 Å². The zero-order chi connectivity index (χ0) is 11.9. The molecule has 0 saturated carbocycles. The minimum Gasteiger partial charge on any atom is -0.457 e. The van der Waals surface area contributed by atoms with Crippen LogP contribution in [0.1, 0.15) is 5.56 Å². The second-order valence-corrected chi connectivity index (χ2v) is 3.94. The van der Waals surface area contributed by atoms with Crippen LogP contribution in [-0.2, 0) is 0 Å². The van der Waals surface area contributed by atoms with Gasteiger partial charge in [-0.15, -0.1) is 0 Å². The van der Waals surface area contributed by atoms with Crippen LogP contribution in [0, 0.1) is 11.8 Å². The van der Waals surface area contributed by atoms with E-state index in [1.165, 1.54) is 0 Å². The molecule has 17 heavy (non-hydrogen) atoms. The first-order valence-electron chi connectivity index (χ1n) is 5.26. The van der Waals surface area contributed by atoms with Crippen molar-refractivity contribution >= 4 is 15.9 Å². The normalized spacial score (nSPS) is 9.24. The smallest absolute Gasteiger partial charge is 0.127 e. The Labute approximate surface area is 110 Å². The maximum absolute atomic E-state index is 5.68. The fraction of sp³-hybridized carbons (Fsp3) is 0.0667. The Bertz CT molecular complexity index is 520. The predicted octanol–water partition coefficient (Wildman–Crippen LogP) is 4.23. The summed E-state index contributed by atoms with van der Waals surface area (Å²) in [5.74, 6) is 7.65. The van der Waals surface area contributed by atoms with Crippen LogP contribution in [0.4, 0.5) is 0 Å². The standard InChI is InChI=1S/C15H11BrO/c16-12-4-5-13-8-10-15(11-9-13)17-14-6-2-1-3-7-14/h1-3,6-11H,12H2. The van der Waals surface area contributed by atoms with Crippen molar-refractivity contribution in [3.8, 4) is 23.3 Å². The quantitative estimate of drug-likeness (QED) is 0.593. The van der Waals surface area contributed by atoms with E-state index in [0.717, 1.165) is 17.1 Å². The lowest BCUT2D eigenvalue weighted by molar-refractivity contribution is 0.482. The Morgan fingerprint density at radius 2 is 1.53 bits per heavy atom. The summed E-state index contributed by atoms with van der Waals surface area (Å²) in [6.07, 6.45) is 0. The van der Waals surface area contributed by atoms with Gasteiger partial charge in [-0.05, 0) is 36.4 Å². The molecule has 0 aliphatic heterocycles. The van der Waals surface area contributed by atoms with Gasteiger partial charge in [-0.3, -0.25) is 0 Å². The van der Waals surface area contributed by atoms with Crippen molar-refractivity contribution in [2.45, 2.75) is 0 Å². The highest BCUT2D eigenvalue weighted by Gasteiger charge is 1.95. The average Bonchev–Trinajstić information content (AvgIpc) is 2.39. The summed E-state index contributed by atoms with van der Waals surface area (Å²) >= 11 is 3.27. The number of benzene rings is 2. The van der Waals surface area contributed by atoms with Crippen molar-refractivity contribution in [2.75, 3.05) is 5.33 Å². The number of alkyl halides is 1. The highest BCUT2D eigenvalue weighted by molar-refractivity contribution is 9.09. The monoisotopic (exact) mass is 286 g/mol. The van der Waals surface area contributed by atoms with Gasteiger partial charge in [-0.1, -0.05) is 46.0 Å². The number of rotatable bonds is 2. The van der Waals surface area contributed by atoms with E-state index in [1.807, 2.05) is 54.6 Å². The molecule has 2 heteroatoms. The molecule has 2 aromatic carbocycles. The van der Waals surface area contributed by atoms with Crippen LogP contribution >= 0.6 is 15.9 Å². The molecule has 0 fully saturated rings. The molecule has 0 saturated heterocycles. The summed E-state index contributed by atoms with van der Waals surface area (Å²) in [6, 6.07) is 17.5. The molecule has 1 nitrogen and oxygen atoms in total. The minimum atomic E-state index is 0.690. The van der Waals surface area contributed by atoms with Gasteiger partial charge in [0, 0.05) is 5.56 Å². The van der Waals surface area contributed by atoms with Crippen LogP contribution in [0.25, 0.3) is 0 Å². The topological polar surface area (TPSA) is 9.23 Å². The largest absolute Gasteiger partial charge is 0.457 e. The zero-order valence-electron chi connectivity index (χ0n) is 9.19. The molecule has 84 valence electrons. The van der Waals surface area contributed by atoms with Crippen LogP contribution in [-0.4, -0.2) is 5.33 Å². The maximum atomic E-state index is 5.68. The Balaban J connectivity index is 2.08. The van der Waals surface area contributed by atoms with Gasteiger partial charge in [0.25, 0.3) is 0 Å². The van der Waals surface area contributed by atoms with E-state index in [2.05, 4.69) is 27.8 Å². The molecular formula is C15H11BrO. The number of hydrogen-bond donors (Lipinski definition) is 0. The summed E-state index contributed by atoms with van der Waals surface area (Å²) in [5.41, 5.74) is 0.991. The highest BCUT2D eigenvalue weighted by atomic mass is 79.9. The van der Waals surface area contributed by atoms with E-state index in [4.69, 9.17) is 4.74 Å². The molecule has 0 atom stereocenters. The van der Waals surface area contributed by atoms with Crippen molar-refractivity contribution < 1.29 is 4.74 Å². The first-order chi connectivity index (χ1) is 8.38. The van der Waals surface area contributed by atoms with Crippen molar-refractivity contribution in [2.24, 2.45) is 0 Å². The Hall–Kier alpha value is -1.72. The molecule has 0 radical (unpaired) electrons. The molecule has 0 N–H and O–H groups in total. The van der Waals surface area contributed by atoms with Gasteiger partial charge in [-0.25, -0.2) is 0 Å². The van der Waals surface area contributed by atoms with Crippen LogP contribution in [0.5, 0.6) is 11.5 Å². The fourth-order valence-corrected chi connectivity index (χ4v) is 1.51. The van der Waals surface area contributed by atoms with Gasteiger partial charge in [0.2, 0.25) is 0 Å². The molecule has 0 unspecified atom stereocenters. The summed E-state index contributed by atoms with van der Waals surface area (Å²) in [7, 11) is 0. The molecule has 0 bridgehead atoms. The third-order valence-corrected chi connectivity index (χ3v) is 2.41. The van der Waals surface area contributed by atoms with E-state index in [0.29, 0.717) is 5.33 Å². The summed E-state index contributed by atoms with van der Waals surface area (Å²) < 4.78 is 5.68. The van der Waals surface area contributed by atoms with Crippen LogP contribution < -0.4 is 4.74 Å². The van der Waals surface area contributed by atoms with Crippen LogP contribution in [0.15, 0.2) is 54.6 Å². The zero-order valence-corrected chi connectivity index (χ0v) is 10.8. The van der Waals surface area contributed by atoms with E-state index >= 15 is 0 Å². The molecule has 0 heterocycles. The summed E-state index contributed by atoms with van der Waals surface area (Å²) in [6.45, 7) is 0. The van der Waals surface area contributed by atoms with Crippen molar-refractivity contribution in [1.82, 2.24) is 0 Å². The SMILES string of the molecule is BrCC#Cc1ccc(Oc2ccccc2)cc1. The lowest BCUT2D eigenvalue weighted by Gasteiger charge is -2.04. The van der Waals surface area contributed by atoms with Gasteiger partial charge in [0.15, 0.2) is 0 Å². The number of halogens is 1. The number of hydrogen-bond acceptors (Lipinski definition) is 1. The van der Waals surface area contributed by atoms with E-state index < -0.39 is 0 Å². The Kier molecular flexibility index (Phi) is 4.23. The van der Waals surface area contributed by atoms with E-state index in [1.54, 1.807) is 0 Å². The van der Waals surface area contributed by atoms with Crippen molar-refractivity contribution in [3.63, 3.8) is 0 Å². The first kappa shape index (κ1) is 11.8. The molecule has 2 aromatic rings. The first-order valence-corrected chi connectivity index (χ1v) is 6.38. The van der Waals surface area contributed by atoms with Gasteiger partial charge >= 0.3 is 0 Å². The van der Waals surface area contributed by atoms with Crippen molar-refractivity contribution in [1.29, 1.82) is 0 Å². The second-order valence-electron chi connectivity index (χ2n) is 3.37. The average molecular weight is 287 g/mol. The second kappa shape index (κ2) is 6.12. The lowest BCUT2D eigenvalue weighted by atomic mass is 10.2. The Morgan fingerprint density at radius 3 is 2.18 bits per heavy atom. The predicted molar refractivity (Wildman–Crippen MR) is 73.6 cm³/mol. The summed E-state index contributed by atoms with van der Waals surface area (Å²) in [5, 5.41) is 0.690. The number of ether oxygens (including phenoxy) is 1. The third-order valence-electron chi connectivity index (χ3n) is 2.13. The third kappa shape index (κ3) is 3.65. The molecule has 0 amide bonds. The van der Waals surface area contributed by atoms with Gasteiger partial charge in [0.05, 0.1) is 5.33 Å². The molecular weight excluding hydrogens is 276 g/mol. The highest BCUT2D eigenvalue weighted by Crippen LogP contribution is 2.20. The van der Waals surface area contributed by atoms with E-state index in [-0.39, 0.29) is 0 Å². The lowest BCUT2D eigenvalue weighted by Crippen LogP contribution is -1.83. The van der Waals surface area contributed by atoms with Crippen molar-refractivity contribution in [3.05, 3.63) is 60.2 Å². The molecule has 2 rings (SSSR count). The van der Waals surface area contributed by atoms with Crippen LogP contribution in [0.2, 0.25) is 0 Å². The molecule has 0 aliphatic carbocycles. The van der Waals surface area contributed by atoms with Gasteiger partial charge < -0.3 is 4.74 Å². The van der Waals surface area contributed by atoms with Gasteiger partial charge in [-0.2, -0.15) is 0 Å².